The molecular formula is C13H14N2O. The van der Waals surface area contributed by atoms with Crippen LogP contribution in [0.25, 0.3) is 10.9 Å². The highest BCUT2D eigenvalue weighted by Crippen LogP contribution is 2.14. The summed E-state index contributed by atoms with van der Waals surface area (Å²) in [4.78, 5) is 16.0. The molecule has 0 unspecified atom stereocenters. The van der Waals surface area contributed by atoms with Crippen LogP contribution in [0, 0.1) is 0 Å². The Labute approximate surface area is 94.5 Å². The molecule has 82 valence electrons. The number of Topliss-reactive ketones (excluding diaryl/α,β-unsaturated/α-hetero) is 1. The van der Waals surface area contributed by atoms with Gasteiger partial charge in [-0.25, -0.2) is 0 Å². The molecule has 1 N–H and O–H groups in total. The predicted octanol–water partition coefficient (Wildman–Crippen LogP) is 2.03. The number of aromatic nitrogens is 1. The van der Waals surface area contributed by atoms with Crippen LogP contribution in [0.15, 0.2) is 36.5 Å². The van der Waals surface area contributed by atoms with Crippen LogP contribution < -0.4 is 5.32 Å². The van der Waals surface area contributed by atoms with E-state index in [9.17, 15) is 4.79 Å². The molecule has 0 saturated carbocycles. The monoisotopic (exact) mass is 214 g/mol. The van der Waals surface area contributed by atoms with E-state index >= 15 is 0 Å². The Morgan fingerprint density at radius 3 is 3.06 bits per heavy atom. The van der Waals surface area contributed by atoms with Crippen molar-refractivity contribution in [3.8, 4) is 0 Å². The van der Waals surface area contributed by atoms with Gasteiger partial charge in [0.05, 0.1) is 5.52 Å². The number of carbonyl (C=O) groups is 1. The van der Waals surface area contributed by atoms with Crippen LogP contribution in [-0.2, 0) is 0 Å². The molecular weight excluding hydrogens is 200 g/mol. The number of benzene rings is 1. The molecule has 2 rings (SSSR count). The molecule has 0 aliphatic heterocycles. The van der Waals surface area contributed by atoms with Crippen molar-refractivity contribution in [2.24, 2.45) is 0 Å². The van der Waals surface area contributed by atoms with Gasteiger partial charge in [0.25, 0.3) is 0 Å². The third-order valence-corrected chi connectivity index (χ3v) is 2.53. The summed E-state index contributed by atoms with van der Waals surface area (Å²) in [6.07, 6.45) is 2.26. The van der Waals surface area contributed by atoms with Gasteiger partial charge in [0.1, 0.15) is 0 Å². The summed E-state index contributed by atoms with van der Waals surface area (Å²) < 4.78 is 0. The van der Waals surface area contributed by atoms with Gasteiger partial charge in [-0.05, 0) is 19.2 Å². The van der Waals surface area contributed by atoms with Gasteiger partial charge in [-0.2, -0.15) is 0 Å². The zero-order valence-corrected chi connectivity index (χ0v) is 9.23. The zero-order valence-electron chi connectivity index (χ0n) is 9.23. The molecule has 1 aromatic carbocycles. The first kappa shape index (κ1) is 10.8. The minimum atomic E-state index is 0.155. The lowest BCUT2D eigenvalue weighted by Gasteiger charge is -2.02. The van der Waals surface area contributed by atoms with Gasteiger partial charge in [-0.3, -0.25) is 9.78 Å². The summed E-state index contributed by atoms with van der Waals surface area (Å²) in [5.41, 5.74) is 1.61. The summed E-state index contributed by atoms with van der Waals surface area (Å²) in [6, 6.07) is 9.54. The fraction of sp³-hybridized carbons (Fsp3) is 0.231. The molecule has 3 nitrogen and oxygen atoms in total. The van der Waals surface area contributed by atoms with E-state index in [1.165, 1.54) is 0 Å². The summed E-state index contributed by atoms with van der Waals surface area (Å²) in [5, 5.41) is 4.03. The van der Waals surface area contributed by atoms with E-state index in [0.717, 1.165) is 16.5 Å². The highest BCUT2D eigenvalue weighted by atomic mass is 16.1. The molecule has 0 amide bonds. The standard InChI is InChI=1S/C13H14N2O/c1-14-8-6-13(16)11-5-4-10-3-2-7-15-12(10)9-11/h2-5,7,9,14H,6,8H2,1H3. The lowest BCUT2D eigenvalue weighted by atomic mass is 10.1. The van der Waals surface area contributed by atoms with Crippen molar-refractivity contribution in [2.75, 3.05) is 13.6 Å². The number of hydrogen-bond donors (Lipinski definition) is 1. The Kier molecular flexibility index (Phi) is 3.27. The number of nitrogens with zero attached hydrogens (tertiary/aromatic N) is 1. The van der Waals surface area contributed by atoms with Crippen LogP contribution in [0.4, 0.5) is 0 Å². The van der Waals surface area contributed by atoms with Crippen molar-refractivity contribution < 1.29 is 4.79 Å². The van der Waals surface area contributed by atoms with Crippen LogP contribution >= 0.6 is 0 Å². The van der Waals surface area contributed by atoms with E-state index in [0.29, 0.717) is 13.0 Å². The van der Waals surface area contributed by atoms with E-state index < -0.39 is 0 Å². The molecule has 1 aromatic heterocycles. The Balaban J connectivity index is 2.28. The minimum absolute atomic E-state index is 0.155. The van der Waals surface area contributed by atoms with Gasteiger partial charge in [0.2, 0.25) is 0 Å². The number of hydrogen-bond acceptors (Lipinski definition) is 3. The van der Waals surface area contributed by atoms with E-state index in [1.54, 1.807) is 6.20 Å². The van der Waals surface area contributed by atoms with Gasteiger partial charge >= 0.3 is 0 Å². The summed E-state index contributed by atoms with van der Waals surface area (Å²) >= 11 is 0. The molecule has 16 heavy (non-hydrogen) atoms. The molecule has 0 saturated heterocycles. The number of nitrogens with one attached hydrogen (secondary N) is 1. The average molecular weight is 214 g/mol. The van der Waals surface area contributed by atoms with Gasteiger partial charge in [-0.15, -0.1) is 0 Å². The number of fused-ring (bicyclic) bond motifs is 1. The maximum atomic E-state index is 11.8. The van der Waals surface area contributed by atoms with Gasteiger partial charge in [0, 0.05) is 30.1 Å². The SMILES string of the molecule is CNCCC(=O)c1ccc2cccnc2c1. The largest absolute Gasteiger partial charge is 0.319 e. The lowest BCUT2D eigenvalue weighted by Crippen LogP contribution is -2.12. The maximum Gasteiger partial charge on any atom is 0.164 e. The first-order chi connectivity index (χ1) is 7.81. The van der Waals surface area contributed by atoms with Crippen LogP contribution in [0.3, 0.4) is 0 Å². The summed E-state index contributed by atoms with van der Waals surface area (Å²) in [6.45, 7) is 0.707. The third kappa shape index (κ3) is 2.25. The van der Waals surface area contributed by atoms with E-state index in [1.807, 2.05) is 37.4 Å². The normalized spacial score (nSPS) is 10.6. The molecule has 0 aliphatic rings. The first-order valence-electron chi connectivity index (χ1n) is 5.34. The van der Waals surface area contributed by atoms with Gasteiger partial charge < -0.3 is 5.32 Å². The third-order valence-electron chi connectivity index (χ3n) is 2.53. The van der Waals surface area contributed by atoms with Crippen molar-refractivity contribution in [1.29, 1.82) is 0 Å². The molecule has 0 atom stereocenters. The Morgan fingerprint density at radius 1 is 1.38 bits per heavy atom. The highest BCUT2D eigenvalue weighted by Gasteiger charge is 2.05. The van der Waals surface area contributed by atoms with Gasteiger partial charge in [0.15, 0.2) is 5.78 Å². The van der Waals surface area contributed by atoms with E-state index in [2.05, 4.69) is 10.3 Å². The zero-order chi connectivity index (χ0) is 11.4. The fourth-order valence-corrected chi connectivity index (χ4v) is 1.62. The second-order valence-corrected chi connectivity index (χ2v) is 3.69. The Morgan fingerprint density at radius 2 is 2.25 bits per heavy atom. The van der Waals surface area contributed by atoms with E-state index in [4.69, 9.17) is 0 Å². The van der Waals surface area contributed by atoms with Gasteiger partial charge in [-0.1, -0.05) is 18.2 Å². The second-order valence-electron chi connectivity index (χ2n) is 3.69. The summed E-state index contributed by atoms with van der Waals surface area (Å²) in [5.74, 6) is 0.155. The average Bonchev–Trinajstić information content (AvgIpc) is 2.35. The summed E-state index contributed by atoms with van der Waals surface area (Å²) in [7, 11) is 1.84. The first-order valence-corrected chi connectivity index (χ1v) is 5.34. The van der Waals surface area contributed by atoms with Crippen LogP contribution in [0.5, 0.6) is 0 Å². The van der Waals surface area contributed by atoms with Crippen molar-refractivity contribution >= 4 is 16.7 Å². The lowest BCUT2D eigenvalue weighted by molar-refractivity contribution is 0.0983. The highest BCUT2D eigenvalue weighted by molar-refractivity contribution is 5.99. The van der Waals surface area contributed by atoms with Crippen LogP contribution in [-0.4, -0.2) is 24.4 Å². The number of rotatable bonds is 4. The quantitative estimate of drug-likeness (QED) is 0.792. The van der Waals surface area contributed by atoms with Crippen molar-refractivity contribution in [3.63, 3.8) is 0 Å². The topological polar surface area (TPSA) is 42.0 Å². The molecule has 0 radical (unpaired) electrons. The van der Waals surface area contributed by atoms with Crippen molar-refractivity contribution in [3.05, 3.63) is 42.1 Å². The predicted molar refractivity (Wildman–Crippen MR) is 64.6 cm³/mol. The molecule has 3 heteroatoms. The molecule has 0 bridgehead atoms. The maximum absolute atomic E-state index is 11.8. The Bertz CT molecular complexity index is 508. The van der Waals surface area contributed by atoms with Crippen molar-refractivity contribution in [2.45, 2.75) is 6.42 Å². The molecule has 0 spiro atoms. The molecule has 0 fully saturated rings. The van der Waals surface area contributed by atoms with Crippen molar-refractivity contribution in [1.82, 2.24) is 10.3 Å². The number of pyridine rings is 1. The molecule has 1 heterocycles. The fourth-order valence-electron chi connectivity index (χ4n) is 1.62. The van der Waals surface area contributed by atoms with E-state index in [-0.39, 0.29) is 5.78 Å². The van der Waals surface area contributed by atoms with Crippen LogP contribution in [0.2, 0.25) is 0 Å². The minimum Gasteiger partial charge on any atom is -0.319 e. The second kappa shape index (κ2) is 4.86. The van der Waals surface area contributed by atoms with Crippen LogP contribution in [0.1, 0.15) is 16.8 Å². The molecule has 2 aromatic rings. The molecule has 0 aliphatic carbocycles. The smallest absolute Gasteiger partial charge is 0.164 e. The number of carbonyl (C=O) groups excluding carboxylic acids is 1. The number of ketones is 1. The Hall–Kier alpha value is -1.74.